The van der Waals surface area contributed by atoms with Crippen LogP contribution in [0, 0.1) is 74.9 Å². The first-order valence-corrected chi connectivity index (χ1v) is 9.12. The molecule has 0 aromatic heterocycles. The molecule has 8 saturated carbocycles. The Balaban J connectivity index is 1.42. The summed E-state index contributed by atoms with van der Waals surface area (Å²) in [6.45, 7) is 8.02. The van der Waals surface area contributed by atoms with Crippen molar-refractivity contribution in [2.45, 2.75) is 40.0 Å². The fraction of sp³-hybridized carbons (Fsp3) is 1.00. The molecule has 3 spiro atoms. The first-order chi connectivity index (χ1) is 9.12. The normalized spacial score (nSPS) is 95.8. The van der Waals surface area contributed by atoms with Crippen LogP contribution in [0.4, 0.5) is 0 Å². The first kappa shape index (κ1) is 9.11. The molecular weight excluding hydrogens is 228 g/mol. The van der Waals surface area contributed by atoms with Crippen LogP contribution < -0.4 is 0 Å². The van der Waals surface area contributed by atoms with E-state index in [1.54, 1.807) is 19.3 Å². The van der Waals surface area contributed by atoms with Gasteiger partial charge in [-0.1, -0.05) is 20.8 Å². The molecule has 0 saturated heterocycles. The van der Waals surface area contributed by atoms with Crippen LogP contribution in [0.1, 0.15) is 40.0 Å². The molecule has 0 aromatic carbocycles. The van der Waals surface area contributed by atoms with Crippen LogP contribution in [-0.2, 0) is 0 Å². The van der Waals surface area contributed by atoms with E-state index in [1.165, 1.54) is 41.4 Å². The second-order valence-electron chi connectivity index (χ2n) is 10.4. The molecule has 0 heterocycles. The van der Waals surface area contributed by atoms with Gasteiger partial charge in [0.15, 0.2) is 0 Å². The maximum absolute atomic E-state index is 2.74. The third-order valence-electron chi connectivity index (χ3n) is 12.2. The quantitative estimate of drug-likeness (QED) is 0.615. The van der Waals surface area contributed by atoms with E-state index in [4.69, 9.17) is 0 Å². The molecule has 0 radical (unpaired) electrons. The van der Waals surface area contributed by atoms with E-state index in [0.717, 1.165) is 33.5 Å². The van der Waals surface area contributed by atoms with Gasteiger partial charge in [0.2, 0.25) is 0 Å². The summed E-state index contributed by atoms with van der Waals surface area (Å²) < 4.78 is 0. The van der Waals surface area contributed by atoms with Crippen molar-refractivity contribution in [3.05, 3.63) is 0 Å². The largest absolute Gasteiger partial charge is 0.0619 e. The molecule has 8 rings (SSSR count). The Kier molecular flexibility index (Phi) is 0.855. The van der Waals surface area contributed by atoms with Crippen LogP contribution in [-0.4, -0.2) is 0 Å². The average Bonchev–Trinajstić information content (AvgIpc) is 2.32. The lowest BCUT2D eigenvalue weighted by atomic mass is 8.86. The lowest BCUT2D eigenvalue weighted by Gasteiger charge is -3.17. The summed E-state index contributed by atoms with van der Waals surface area (Å²) in [7, 11) is 0. The molecule has 0 nitrogen and oxygen atoms in total. The van der Waals surface area contributed by atoms with Gasteiger partial charge in [0, 0.05) is 0 Å². The van der Waals surface area contributed by atoms with Gasteiger partial charge in [0.1, 0.15) is 0 Å². The van der Waals surface area contributed by atoms with Gasteiger partial charge in [-0.25, -0.2) is 0 Å². The number of fused-ring (bicyclic) bond motifs is 5. The lowest BCUT2D eigenvalue weighted by Crippen LogP contribution is -3.14. The van der Waals surface area contributed by atoms with Gasteiger partial charge in [0.25, 0.3) is 0 Å². The smallest absolute Gasteiger partial charge is 0.00975 e. The summed E-state index contributed by atoms with van der Waals surface area (Å²) in [5.74, 6) is 10.8. The average molecular weight is 252 g/mol. The summed E-state index contributed by atoms with van der Waals surface area (Å²) in [4.78, 5) is 0. The minimum absolute atomic E-state index is 0.810. The Morgan fingerprint density at radius 3 is 2.16 bits per heavy atom. The predicted octanol–water partition coefficient (Wildman–Crippen LogP) is 3.82. The van der Waals surface area contributed by atoms with Gasteiger partial charge in [-0.05, 0) is 94.2 Å². The molecular formula is C19H24. The van der Waals surface area contributed by atoms with Crippen molar-refractivity contribution >= 4 is 0 Å². The highest BCUT2D eigenvalue weighted by Crippen LogP contribution is 3.17. The third-order valence-corrected chi connectivity index (χ3v) is 12.2. The molecule has 8 fully saturated rings. The molecule has 13 atom stereocenters. The van der Waals surface area contributed by atoms with Crippen molar-refractivity contribution in [2.24, 2.45) is 74.9 Å². The van der Waals surface area contributed by atoms with Gasteiger partial charge >= 0.3 is 0 Å². The number of rotatable bonds is 0. The second-order valence-corrected chi connectivity index (χ2v) is 10.4. The zero-order valence-electron chi connectivity index (χ0n) is 12.3. The fourth-order valence-corrected chi connectivity index (χ4v) is 12.7. The minimum atomic E-state index is 0.810. The lowest BCUT2D eigenvalue weighted by molar-refractivity contribution is -0.712. The molecule has 19 heavy (non-hydrogen) atoms. The van der Waals surface area contributed by atoms with Crippen molar-refractivity contribution in [1.82, 2.24) is 0 Å². The zero-order valence-corrected chi connectivity index (χ0v) is 12.3. The molecule has 100 valence electrons. The van der Waals surface area contributed by atoms with E-state index < -0.39 is 0 Å². The van der Waals surface area contributed by atoms with Gasteiger partial charge in [-0.3, -0.25) is 0 Å². The highest BCUT2D eigenvalue weighted by atomic mass is 15.2. The maximum Gasteiger partial charge on any atom is -0.00975 e. The van der Waals surface area contributed by atoms with Crippen molar-refractivity contribution in [1.29, 1.82) is 0 Å². The van der Waals surface area contributed by atoms with Gasteiger partial charge < -0.3 is 0 Å². The van der Waals surface area contributed by atoms with E-state index in [2.05, 4.69) is 20.8 Å². The summed E-state index contributed by atoms with van der Waals surface area (Å²) in [6, 6.07) is 0. The van der Waals surface area contributed by atoms with E-state index in [0.29, 0.717) is 0 Å². The molecule has 0 bridgehead atoms. The monoisotopic (exact) mass is 252 g/mol. The Morgan fingerprint density at radius 2 is 1.47 bits per heavy atom. The maximum atomic E-state index is 2.74. The molecule has 13 unspecified atom stereocenters. The van der Waals surface area contributed by atoms with Gasteiger partial charge in [0.05, 0.1) is 0 Å². The van der Waals surface area contributed by atoms with Crippen LogP contribution in [0.25, 0.3) is 0 Å². The summed E-state index contributed by atoms with van der Waals surface area (Å²) in [5.41, 5.74) is 3.71. The molecule has 0 amide bonds. The number of hydrogen-bond donors (Lipinski definition) is 0. The zero-order chi connectivity index (χ0) is 12.3. The summed E-state index contributed by atoms with van der Waals surface area (Å²) in [5, 5.41) is 0. The van der Waals surface area contributed by atoms with E-state index in [9.17, 15) is 0 Å². The van der Waals surface area contributed by atoms with Crippen LogP contribution >= 0.6 is 0 Å². The van der Waals surface area contributed by atoms with Crippen LogP contribution in [0.5, 0.6) is 0 Å². The molecule has 0 heteroatoms. The Hall–Kier alpha value is 0. The van der Waals surface area contributed by atoms with E-state index in [1.807, 2.05) is 0 Å². The number of hydrogen-bond acceptors (Lipinski definition) is 0. The Bertz CT molecular complexity index is 622. The molecule has 8 aliphatic rings. The highest BCUT2D eigenvalue weighted by Gasteiger charge is 3.14. The van der Waals surface area contributed by atoms with Crippen LogP contribution in [0.2, 0.25) is 0 Å². The molecule has 8 aliphatic carbocycles. The minimum Gasteiger partial charge on any atom is -0.0619 e. The third kappa shape index (κ3) is 0.361. The van der Waals surface area contributed by atoms with Crippen LogP contribution in [0.3, 0.4) is 0 Å². The summed E-state index contributed by atoms with van der Waals surface area (Å²) in [6.07, 6.45) is 4.94. The summed E-state index contributed by atoms with van der Waals surface area (Å²) >= 11 is 0. The Morgan fingerprint density at radius 1 is 0.789 bits per heavy atom. The van der Waals surface area contributed by atoms with Crippen molar-refractivity contribution in [3.63, 3.8) is 0 Å². The molecule has 0 aliphatic heterocycles. The van der Waals surface area contributed by atoms with Crippen molar-refractivity contribution in [2.75, 3.05) is 0 Å². The van der Waals surface area contributed by atoms with Crippen LogP contribution in [0.15, 0.2) is 0 Å². The van der Waals surface area contributed by atoms with Crippen molar-refractivity contribution in [3.8, 4) is 0 Å². The standard InChI is InChI=1S/C19H24/c1-7-4-10-14-15-12-6-9-5-11-13-8(2)18(14,16(7,10)3)19(13,15)17(9,11)12/h7-15H,4-6H2,1-3H3. The SMILES string of the molecule is CC1CC2C3C4C5CC6CC7C8C(C)C3(C12C)C84C675. The first-order valence-electron chi connectivity index (χ1n) is 9.12. The topological polar surface area (TPSA) is 0 Å². The molecule has 0 aromatic rings. The second kappa shape index (κ2) is 1.78. The van der Waals surface area contributed by atoms with E-state index in [-0.39, 0.29) is 0 Å². The van der Waals surface area contributed by atoms with Gasteiger partial charge in [-0.2, -0.15) is 0 Å². The van der Waals surface area contributed by atoms with E-state index >= 15 is 0 Å². The van der Waals surface area contributed by atoms with Crippen molar-refractivity contribution < 1.29 is 0 Å². The molecule has 0 N–H and O–H groups in total. The fourth-order valence-electron chi connectivity index (χ4n) is 12.7. The Labute approximate surface area is 115 Å². The predicted molar refractivity (Wildman–Crippen MR) is 72.0 cm³/mol. The van der Waals surface area contributed by atoms with Gasteiger partial charge in [-0.15, -0.1) is 0 Å². The highest BCUT2D eigenvalue weighted by molar-refractivity contribution is 5.60.